The zero-order valence-electron chi connectivity index (χ0n) is 12.4. The average Bonchev–Trinajstić information content (AvgIpc) is 3.06. The molecule has 3 nitrogen and oxygen atoms in total. The van der Waals surface area contributed by atoms with Crippen molar-refractivity contribution in [3.63, 3.8) is 0 Å². The average molecular weight is 297 g/mol. The van der Waals surface area contributed by atoms with Gasteiger partial charge in [-0.05, 0) is 56.7 Å². The summed E-state index contributed by atoms with van der Waals surface area (Å²) in [6.07, 6.45) is 8.17. The third kappa shape index (κ3) is 2.15. The summed E-state index contributed by atoms with van der Waals surface area (Å²) in [5, 5.41) is 11.5. The lowest BCUT2D eigenvalue weighted by molar-refractivity contribution is -0.142. The molecule has 0 aromatic rings. The number of hydrogen-bond acceptors (Lipinski definition) is 4. The van der Waals surface area contributed by atoms with E-state index < -0.39 is 5.60 Å². The molecular weight excluding hydrogens is 270 g/mol. The van der Waals surface area contributed by atoms with Crippen molar-refractivity contribution >= 4 is 11.8 Å². The summed E-state index contributed by atoms with van der Waals surface area (Å²) in [5.41, 5.74) is -0.324. The minimum absolute atomic E-state index is 0.103. The second-order valence-corrected chi connectivity index (χ2v) is 8.42. The Morgan fingerprint density at radius 3 is 2.95 bits per heavy atom. The Bertz CT molecular complexity index is 371. The van der Waals surface area contributed by atoms with E-state index in [1.165, 1.54) is 38.0 Å². The van der Waals surface area contributed by atoms with Crippen LogP contribution in [0.4, 0.5) is 0 Å². The second kappa shape index (κ2) is 5.15. The molecule has 0 amide bonds. The van der Waals surface area contributed by atoms with Gasteiger partial charge in [-0.3, -0.25) is 4.90 Å². The topological polar surface area (TPSA) is 32.7 Å². The number of rotatable bonds is 1. The Morgan fingerprint density at radius 2 is 2.10 bits per heavy atom. The number of aliphatic hydroxyl groups is 1. The van der Waals surface area contributed by atoms with Gasteiger partial charge in [-0.1, -0.05) is 6.42 Å². The van der Waals surface area contributed by atoms with E-state index in [4.69, 9.17) is 4.74 Å². The largest absolute Gasteiger partial charge is 0.388 e. The summed E-state index contributed by atoms with van der Waals surface area (Å²) < 4.78 is 6.15. The molecule has 0 bridgehead atoms. The van der Waals surface area contributed by atoms with Crippen molar-refractivity contribution in [3.8, 4) is 0 Å². The highest BCUT2D eigenvalue weighted by Crippen LogP contribution is 2.48. The maximum Gasteiger partial charge on any atom is 0.0844 e. The summed E-state index contributed by atoms with van der Waals surface area (Å²) in [6.45, 7) is 3.18. The maximum atomic E-state index is 11.5. The van der Waals surface area contributed by atoms with Crippen LogP contribution in [0.2, 0.25) is 0 Å². The monoisotopic (exact) mass is 297 g/mol. The molecule has 0 aliphatic carbocycles. The molecule has 4 unspecified atom stereocenters. The van der Waals surface area contributed by atoms with Gasteiger partial charge < -0.3 is 9.84 Å². The van der Waals surface area contributed by atoms with Gasteiger partial charge in [-0.25, -0.2) is 0 Å². The first-order valence-corrected chi connectivity index (χ1v) is 9.56. The predicted molar refractivity (Wildman–Crippen MR) is 82.1 cm³/mol. The van der Waals surface area contributed by atoms with Crippen LogP contribution in [0.25, 0.3) is 0 Å². The molecule has 4 atom stereocenters. The smallest absolute Gasteiger partial charge is 0.0844 e. The summed E-state index contributed by atoms with van der Waals surface area (Å²) >= 11 is 2.03. The van der Waals surface area contributed by atoms with Crippen LogP contribution in [0.5, 0.6) is 0 Å². The summed E-state index contributed by atoms with van der Waals surface area (Å²) in [4.78, 5) is 2.56. The van der Waals surface area contributed by atoms with E-state index in [2.05, 4.69) is 4.90 Å². The van der Waals surface area contributed by atoms with E-state index in [0.29, 0.717) is 12.0 Å². The molecule has 1 N–H and O–H groups in total. The quantitative estimate of drug-likeness (QED) is 0.805. The molecule has 4 heterocycles. The van der Waals surface area contributed by atoms with E-state index in [9.17, 15) is 5.11 Å². The third-order valence-electron chi connectivity index (χ3n) is 6.26. The van der Waals surface area contributed by atoms with Crippen LogP contribution in [0.1, 0.15) is 44.9 Å². The predicted octanol–water partition coefficient (Wildman–Crippen LogP) is 2.28. The second-order valence-electron chi connectivity index (χ2n) is 7.31. The SMILES string of the molecule is OC1(C2CCOC3(CCSC3)C2)CCN2CCCCC21. The van der Waals surface area contributed by atoms with E-state index in [1.54, 1.807) is 0 Å². The minimum atomic E-state index is -0.426. The van der Waals surface area contributed by atoms with Gasteiger partial charge in [0.25, 0.3) is 0 Å². The lowest BCUT2D eigenvalue weighted by Crippen LogP contribution is -2.55. The van der Waals surface area contributed by atoms with Crippen molar-refractivity contribution in [1.29, 1.82) is 0 Å². The molecule has 114 valence electrons. The van der Waals surface area contributed by atoms with Crippen LogP contribution in [0, 0.1) is 5.92 Å². The van der Waals surface area contributed by atoms with Crippen LogP contribution in [-0.2, 0) is 4.74 Å². The fourth-order valence-corrected chi connectivity index (χ4v) is 6.49. The van der Waals surface area contributed by atoms with Crippen molar-refractivity contribution in [2.24, 2.45) is 5.92 Å². The Labute approximate surface area is 126 Å². The first-order chi connectivity index (χ1) is 9.72. The van der Waals surface area contributed by atoms with Crippen LogP contribution < -0.4 is 0 Å². The lowest BCUT2D eigenvalue weighted by atomic mass is 9.71. The van der Waals surface area contributed by atoms with Crippen molar-refractivity contribution in [3.05, 3.63) is 0 Å². The Morgan fingerprint density at radius 1 is 1.15 bits per heavy atom. The number of nitrogens with zero attached hydrogens (tertiary/aromatic N) is 1. The molecule has 4 aliphatic rings. The fraction of sp³-hybridized carbons (Fsp3) is 1.00. The number of piperidine rings is 1. The van der Waals surface area contributed by atoms with Gasteiger partial charge >= 0.3 is 0 Å². The van der Waals surface area contributed by atoms with Gasteiger partial charge in [0.2, 0.25) is 0 Å². The standard InChI is InChI=1S/C16H27NO2S/c18-16(5-8-17-7-2-1-3-14(16)17)13-4-9-19-15(11-13)6-10-20-12-15/h13-14,18H,1-12H2. The molecule has 0 radical (unpaired) electrons. The zero-order chi connectivity index (χ0) is 13.6. The first-order valence-electron chi connectivity index (χ1n) is 8.40. The molecule has 20 heavy (non-hydrogen) atoms. The van der Waals surface area contributed by atoms with Gasteiger partial charge in [0.15, 0.2) is 0 Å². The van der Waals surface area contributed by atoms with E-state index in [1.807, 2.05) is 11.8 Å². The van der Waals surface area contributed by atoms with Gasteiger partial charge in [0, 0.05) is 24.9 Å². The normalized spacial score (nSPS) is 49.6. The van der Waals surface area contributed by atoms with Crippen molar-refractivity contribution in [2.75, 3.05) is 31.2 Å². The summed E-state index contributed by atoms with van der Waals surface area (Å²) in [6, 6.07) is 0.436. The van der Waals surface area contributed by atoms with Crippen molar-refractivity contribution in [2.45, 2.75) is 62.2 Å². The molecule has 0 aromatic heterocycles. The highest BCUT2D eigenvalue weighted by Gasteiger charge is 2.54. The minimum Gasteiger partial charge on any atom is -0.388 e. The van der Waals surface area contributed by atoms with Gasteiger partial charge in [0.1, 0.15) is 0 Å². The molecule has 4 saturated heterocycles. The van der Waals surface area contributed by atoms with Crippen LogP contribution in [0.3, 0.4) is 0 Å². The zero-order valence-corrected chi connectivity index (χ0v) is 13.2. The molecule has 0 aromatic carbocycles. The van der Waals surface area contributed by atoms with Gasteiger partial charge in [-0.15, -0.1) is 0 Å². The van der Waals surface area contributed by atoms with Crippen LogP contribution in [0.15, 0.2) is 0 Å². The van der Waals surface area contributed by atoms with E-state index in [0.717, 1.165) is 38.2 Å². The van der Waals surface area contributed by atoms with Gasteiger partial charge in [0.05, 0.1) is 11.2 Å². The molecule has 4 fully saturated rings. The fourth-order valence-electron chi connectivity index (χ4n) is 5.11. The number of hydrogen-bond donors (Lipinski definition) is 1. The van der Waals surface area contributed by atoms with E-state index >= 15 is 0 Å². The van der Waals surface area contributed by atoms with Crippen LogP contribution >= 0.6 is 11.8 Å². The Balaban J connectivity index is 1.53. The van der Waals surface area contributed by atoms with Crippen molar-refractivity contribution < 1.29 is 9.84 Å². The third-order valence-corrected chi connectivity index (χ3v) is 7.48. The number of ether oxygens (including phenoxy) is 1. The molecule has 4 heteroatoms. The Hall–Kier alpha value is 0.230. The number of thioether (sulfide) groups is 1. The van der Waals surface area contributed by atoms with E-state index in [-0.39, 0.29) is 5.60 Å². The molecule has 0 saturated carbocycles. The molecule has 1 spiro atoms. The maximum absolute atomic E-state index is 11.5. The highest BCUT2D eigenvalue weighted by atomic mass is 32.2. The Kier molecular flexibility index (Phi) is 3.57. The van der Waals surface area contributed by atoms with Crippen molar-refractivity contribution in [1.82, 2.24) is 4.90 Å². The summed E-state index contributed by atoms with van der Waals surface area (Å²) in [5.74, 6) is 2.84. The lowest BCUT2D eigenvalue weighted by Gasteiger charge is -2.47. The highest BCUT2D eigenvalue weighted by molar-refractivity contribution is 7.99. The summed E-state index contributed by atoms with van der Waals surface area (Å²) in [7, 11) is 0. The number of fused-ring (bicyclic) bond motifs is 1. The molecule has 4 aliphatic heterocycles. The molecular formula is C16H27NO2S. The first kappa shape index (κ1) is 13.9. The van der Waals surface area contributed by atoms with Crippen LogP contribution in [-0.4, -0.2) is 58.5 Å². The van der Waals surface area contributed by atoms with Gasteiger partial charge in [-0.2, -0.15) is 11.8 Å². The molecule has 4 rings (SSSR count).